The Morgan fingerprint density at radius 2 is 2.40 bits per heavy atom. The minimum absolute atomic E-state index is 0.368. The van der Waals surface area contributed by atoms with Crippen LogP contribution in [0.15, 0.2) is 16.7 Å². The van der Waals surface area contributed by atoms with Crippen LogP contribution in [0.4, 0.5) is 0 Å². The first-order valence-electron chi connectivity index (χ1n) is 4.52. The lowest BCUT2D eigenvalue weighted by Crippen LogP contribution is -2.12. The van der Waals surface area contributed by atoms with E-state index in [1.54, 1.807) is 12.3 Å². The molecular formula is C10H12BrNO3. The number of halogens is 1. The second-order valence-electron chi connectivity index (χ2n) is 3.05. The molecule has 0 amide bonds. The van der Waals surface area contributed by atoms with Crippen molar-refractivity contribution in [3.8, 4) is 5.88 Å². The Morgan fingerprint density at radius 1 is 1.73 bits per heavy atom. The second-order valence-corrected chi connectivity index (χ2v) is 3.97. The van der Waals surface area contributed by atoms with E-state index in [1.165, 1.54) is 7.11 Å². The van der Waals surface area contributed by atoms with Gasteiger partial charge in [0.2, 0.25) is 5.88 Å². The van der Waals surface area contributed by atoms with Gasteiger partial charge in [0, 0.05) is 16.2 Å². The lowest BCUT2D eigenvalue weighted by atomic mass is 9.98. The zero-order valence-corrected chi connectivity index (χ0v) is 10.1. The summed E-state index contributed by atoms with van der Waals surface area (Å²) < 4.78 is 5.79. The molecule has 1 N–H and O–H groups in total. The molecule has 1 unspecified atom stereocenters. The van der Waals surface area contributed by atoms with Crippen molar-refractivity contribution in [3.63, 3.8) is 0 Å². The molecule has 0 saturated heterocycles. The zero-order valence-electron chi connectivity index (χ0n) is 8.53. The van der Waals surface area contributed by atoms with E-state index < -0.39 is 11.9 Å². The van der Waals surface area contributed by atoms with Crippen LogP contribution >= 0.6 is 15.9 Å². The summed E-state index contributed by atoms with van der Waals surface area (Å²) in [6.07, 6.45) is 2.08. The summed E-state index contributed by atoms with van der Waals surface area (Å²) in [6.45, 7) is 1.82. The Kier molecular flexibility index (Phi) is 4.08. The first-order chi connectivity index (χ1) is 7.10. The SMILES string of the molecule is CCC(C(=O)O)c1cc(Br)cnc1OC. The molecule has 0 radical (unpaired) electrons. The number of nitrogens with zero attached hydrogens (tertiary/aromatic N) is 1. The normalized spacial score (nSPS) is 12.2. The van der Waals surface area contributed by atoms with Crippen LogP contribution in [-0.4, -0.2) is 23.2 Å². The number of aromatic nitrogens is 1. The van der Waals surface area contributed by atoms with Gasteiger partial charge in [-0.15, -0.1) is 0 Å². The summed E-state index contributed by atoms with van der Waals surface area (Å²) in [5.41, 5.74) is 0.599. The molecule has 0 fully saturated rings. The number of hydrogen-bond acceptors (Lipinski definition) is 3. The maximum Gasteiger partial charge on any atom is 0.311 e. The highest BCUT2D eigenvalue weighted by atomic mass is 79.9. The third kappa shape index (κ3) is 2.68. The van der Waals surface area contributed by atoms with Gasteiger partial charge in [-0.05, 0) is 28.4 Å². The Morgan fingerprint density at radius 3 is 2.87 bits per heavy atom. The quantitative estimate of drug-likeness (QED) is 0.916. The van der Waals surface area contributed by atoms with Crippen molar-refractivity contribution >= 4 is 21.9 Å². The van der Waals surface area contributed by atoms with E-state index in [4.69, 9.17) is 9.84 Å². The topological polar surface area (TPSA) is 59.4 Å². The van der Waals surface area contributed by atoms with Gasteiger partial charge in [-0.2, -0.15) is 0 Å². The molecule has 0 aromatic carbocycles. The second kappa shape index (κ2) is 5.11. The number of methoxy groups -OCH3 is 1. The molecule has 1 aromatic rings. The summed E-state index contributed by atoms with van der Waals surface area (Å²) >= 11 is 3.26. The number of carboxylic acids is 1. The first kappa shape index (κ1) is 12.0. The number of hydrogen-bond donors (Lipinski definition) is 1. The van der Waals surface area contributed by atoms with Gasteiger partial charge in [0.25, 0.3) is 0 Å². The highest BCUT2D eigenvalue weighted by Crippen LogP contribution is 2.29. The minimum Gasteiger partial charge on any atom is -0.481 e. The van der Waals surface area contributed by atoms with Crippen LogP contribution in [0, 0.1) is 0 Å². The fourth-order valence-corrected chi connectivity index (χ4v) is 1.74. The molecule has 0 bridgehead atoms. The number of aliphatic carboxylic acids is 1. The van der Waals surface area contributed by atoms with Gasteiger partial charge >= 0.3 is 5.97 Å². The molecular weight excluding hydrogens is 262 g/mol. The van der Waals surface area contributed by atoms with Gasteiger partial charge in [-0.25, -0.2) is 4.98 Å². The average molecular weight is 274 g/mol. The molecule has 1 heterocycles. The summed E-state index contributed by atoms with van der Waals surface area (Å²) in [6, 6.07) is 1.73. The van der Waals surface area contributed by atoms with Gasteiger partial charge in [-0.3, -0.25) is 4.79 Å². The maximum absolute atomic E-state index is 11.0. The molecule has 15 heavy (non-hydrogen) atoms. The van der Waals surface area contributed by atoms with E-state index >= 15 is 0 Å². The molecule has 1 atom stereocenters. The molecule has 5 heteroatoms. The molecule has 1 rings (SSSR count). The van der Waals surface area contributed by atoms with Gasteiger partial charge in [0.15, 0.2) is 0 Å². The van der Waals surface area contributed by atoms with Crippen molar-refractivity contribution in [1.29, 1.82) is 0 Å². The summed E-state index contributed by atoms with van der Waals surface area (Å²) in [5.74, 6) is -1.08. The van der Waals surface area contributed by atoms with Crippen molar-refractivity contribution in [3.05, 3.63) is 22.3 Å². The van der Waals surface area contributed by atoms with Crippen LogP contribution in [0.25, 0.3) is 0 Å². The number of carboxylic acid groups (broad SMARTS) is 1. The van der Waals surface area contributed by atoms with Gasteiger partial charge in [0.05, 0.1) is 13.0 Å². The number of carbonyl (C=O) groups is 1. The van der Waals surface area contributed by atoms with E-state index in [1.807, 2.05) is 6.92 Å². The lowest BCUT2D eigenvalue weighted by Gasteiger charge is -2.13. The average Bonchev–Trinajstić information content (AvgIpc) is 2.18. The highest BCUT2D eigenvalue weighted by Gasteiger charge is 2.22. The first-order valence-corrected chi connectivity index (χ1v) is 5.31. The third-order valence-electron chi connectivity index (χ3n) is 2.12. The van der Waals surface area contributed by atoms with Crippen LogP contribution in [0.2, 0.25) is 0 Å². The van der Waals surface area contributed by atoms with E-state index in [0.29, 0.717) is 17.9 Å². The van der Waals surface area contributed by atoms with E-state index in [-0.39, 0.29) is 0 Å². The third-order valence-corrected chi connectivity index (χ3v) is 2.55. The standard InChI is InChI=1S/C10H12BrNO3/c1-3-7(10(13)14)8-4-6(11)5-12-9(8)15-2/h4-5,7H,3H2,1-2H3,(H,13,14). The smallest absolute Gasteiger partial charge is 0.311 e. The predicted octanol–water partition coefficient (Wildman–Crippen LogP) is 2.43. The Hall–Kier alpha value is -1.10. The summed E-state index contributed by atoms with van der Waals surface area (Å²) in [4.78, 5) is 15.0. The Balaban J connectivity index is 3.19. The Labute approximate surface area is 96.4 Å². The van der Waals surface area contributed by atoms with Gasteiger partial charge < -0.3 is 9.84 Å². The molecule has 0 aliphatic carbocycles. The molecule has 0 aliphatic rings. The van der Waals surface area contributed by atoms with Crippen LogP contribution in [0.5, 0.6) is 5.88 Å². The van der Waals surface area contributed by atoms with Crippen LogP contribution in [0.1, 0.15) is 24.8 Å². The molecule has 4 nitrogen and oxygen atoms in total. The molecule has 0 spiro atoms. The minimum atomic E-state index is -0.865. The van der Waals surface area contributed by atoms with Gasteiger partial charge in [-0.1, -0.05) is 6.92 Å². The summed E-state index contributed by atoms with van der Waals surface area (Å²) in [7, 11) is 1.48. The van der Waals surface area contributed by atoms with Crippen molar-refractivity contribution in [2.45, 2.75) is 19.3 Å². The molecule has 0 saturated carbocycles. The van der Waals surface area contributed by atoms with E-state index in [2.05, 4.69) is 20.9 Å². The van der Waals surface area contributed by atoms with Crippen molar-refractivity contribution in [2.24, 2.45) is 0 Å². The lowest BCUT2D eigenvalue weighted by molar-refractivity contribution is -0.138. The fourth-order valence-electron chi connectivity index (χ4n) is 1.39. The van der Waals surface area contributed by atoms with Crippen molar-refractivity contribution in [2.75, 3.05) is 7.11 Å². The van der Waals surface area contributed by atoms with Crippen LogP contribution in [-0.2, 0) is 4.79 Å². The van der Waals surface area contributed by atoms with Crippen LogP contribution in [0.3, 0.4) is 0 Å². The number of ether oxygens (including phenoxy) is 1. The maximum atomic E-state index is 11.0. The van der Waals surface area contributed by atoms with Crippen LogP contribution < -0.4 is 4.74 Å². The number of pyridine rings is 1. The van der Waals surface area contributed by atoms with Crippen molar-refractivity contribution in [1.82, 2.24) is 4.98 Å². The molecule has 0 aliphatic heterocycles. The van der Waals surface area contributed by atoms with E-state index in [9.17, 15) is 4.79 Å². The molecule has 1 aromatic heterocycles. The van der Waals surface area contributed by atoms with Crippen molar-refractivity contribution < 1.29 is 14.6 Å². The molecule has 82 valence electrons. The predicted molar refractivity (Wildman–Crippen MR) is 59.2 cm³/mol. The fraction of sp³-hybridized carbons (Fsp3) is 0.400. The van der Waals surface area contributed by atoms with E-state index in [0.717, 1.165) is 4.47 Å². The zero-order chi connectivity index (χ0) is 11.4. The van der Waals surface area contributed by atoms with Gasteiger partial charge in [0.1, 0.15) is 0 Å². The largest absolute Gasteiger partial charge is 0.481 e. The monoisotopic (exact) mass is 273 g/mol. The number of rotatable bonds is 4. The summed E-state index contributed by atoms with van der Waals surface area (Å²) in [5, 5.41) is 9.04. The Bertz CT molecular complexity index is 368. The highest BCUT2D eigenvalue weighted by molar-refractivity contribution is 9.10.